The Morgan fingerprint density at radius 3 is 0.747 bits per heavy atom. The van der Waals surface area contributed by atoms with Gasteiger partial charge in [-0.1, -0.05) is 282 Å². The van der Waals surface area contributed by atoms with Crippen LogP contribution in [0.2, 0.25) is 0 Å². The molecule has 0 spiro atoms. The summed E-state index contributed by atoms with van der Waals surface area (Å²) in [7, 11) is 0. The number of anilines is 15. The molecular formula is C131H168N10O9. The number of benzene rings is 15. The van der Waals surface area contributed by atoms with E-state index in [1.807, 2.05) is 290 Å². The van der Waals surface area contributed by atoms with Gasteiger partial charge in [0.2, 0.25) is 0 Å². The highest BCUT2D eigenvalue weighted by molar-refractivity contribution is 5.94. The molecule has 0 radical (unpaired) electrons. The Balaban J connectivity index is 0.000000284. The van der Waals surface area contributed by atoms with Crippen LogP contribution < -0.4 is 53.2 Å². The first-order valence-corrected chi connectivity index (χ1v) is 49.9. The van der Waals surface area contributed by atoms with E-state index in [4.69, 9.17) is 9.47 Å². The van der Waals surface area contributed by atoms with Gasteiger partial charge in [-0.25, -0.2) is 9.59 Å². The quantitative estimate of drug-likeness (QED) is 0.0180. The fourth-order valence-electron chi connectivity index (χ4n) is 15.9. The van der Waals surface area contributed by atoms with E-state index in [0.29, 0.717) is 62.2 Å². The maximum absolute atomic E-state index is 12.5. The highest BCUT2D eigenvalue weighted by Gasteiger charge is 2.29. The van der Waals surface area contributed by atoms with Crippen molar-refractivity contribution in [3.8, 4) is 28.7 Å². The van der Waals surface area contributed by atoms with Crippen molar-refractivity contribution in [3.05, 3.63) is 417 Å². The second-order valence-corrected chi connectivity index (χ2v) is 41.6. The fourth-order valence-corrected chi connectivity index (χ4v) is 15.9. The number of carbonyl (C=O) groups is 2. The largest absolute Gasteiger partial charge is 0.507 e. The second kappa shape index (κ2) is 57.5. The van der Waals surface area contributed by atoms with Gasteiger partial charge in [-0.2, -0.15) is 0 Å². The molecule has 0 saturated carbocycles. The zero-order chi connectivity index (χ0) is 105. The van der Waals surface area contributed by atoms with Gasteiger partial charge in [-0.05, 0) is 323 Å². The van der Waals surface area contributed by atoms with Gasteiger partial charge in [0, 0.05) is 135 Å². The molecule has 0 atom stereocenters. The Labute approximate surface area is 896 Å². The number of rotatable bonds is 31. The molecule has 0 bridgehead atoms. The first-order chi connectivity index (χ1) is 69.0. The first kappa shape index (κ1) is 123. The minimum atomic E-state index is -0.495. The molecule has 15 rings (SSSR count). The third-order valence-electron chi connectivity index (χ3n) is 24.0. The Hall–Kier alpha value is -15.8. The second-order valence-electron chi connectivity index (χ2n) is 41.6. The number of esters is 2. The Bertz CT molecular complexity index is 6630. The number of hydrogen-bond acceptors (Lipinski definition) is 19. The molecule has 15 aromatic carbocycles. The number of aromatic hydroxyl groups is 5. The summed E-state index contributed by atoms with van der Waals surface area (Å²) >= 11 is 0. The van der Waals surface area contributed by atoms with Gasteiger partial charge in [0.05, 0.1) is 13.2 Å². The van der Waals surface area contributed by atoms with E-state index in [1.165, 1.54) is 11.1 Å². The number of hydrogen-bond donors (Lipinski definition) is 15. The summed E-state index contributed by atoms with van der Waals surface area (Å²) in [6.07, 6.45) is 1.47. The fraction of sp³-hybridized carbons (Fsp3) is 0.298. The highest BCUT2D eigenvalue weighted by Crippen LogP contribution is 2.42. The van der Waals surface area contributed by atoms with E-state index in [0.717, 1.165) is 160 Å². The van der Waals surface area contributed by atoms with Gasteiger partial charge in [-0.3, -0.25) is 0 Å². The van der Waals surface area contributed by atoms with E-state index >= 15 is 0 Å². The van der Waals surface area contributed by atoms with Crippen molar-refractivity contribution < 1.29 is 44.6 Å². The molecule has 19 nitrogen and oxygen atoms in total. The van der Waals surface area contributed by atoms with Crippen LogP contribution in [-0.2, 0) is 69.3 Å². The van der Waals surface area contributed by atoms with E-state index in [-0.39, 0.29) is 86.8 Å². The normalized spacial score (nSPS) is 10.8. The van der Waals surface area contributed by atoms with Gasteiger partial charge in [0.25, 0.3) is 0 Å². The lowest BCUT2D eigenvalue weighted by atomic mass is 9.79. The monoisotopic (exact) mass is 2030 g/mol. The average molecular weight is 2030 g/mol. The summed E-state index contributed by atoms with van der Waals surface area (Å²) in [5.41, 5.74) is 27.8. The lowest BCUT2D eigenvalue weighted by molar-refractivity contribution is 0.0492. The summed E-state index contributed by atoms with van der Waals surface area (Å²) in [5, 5.41) is 86.9. The van der Waals surface area contributed by atoms with Crippen molar-refractivity contribution in [2.45, 2.75) is 248 Å². The zero-order valence-electron chi connectivity index (χ0n) is 88.0. The molecule has 0 aromatic heterocycles. The molecule has 15 N–H and O–H groups in total. The lowest BCUT2D eigenvalue weighted by Gasteiger charge is -2.27. The topological polar surface area (TPSA) is 274 Å². The number of phenols is 5. The van der Waals surface area contributed by atoms with Crippen LogP contribution in [-0.4, -0.2) is 50.7 Å². The van der Waals surface area contributed by atoms with Crippen LogP contribution in [0.25, 0.3) is 0 Å². The number of carbonyl (C=O) groups excluding carboxylic acids is 2. The molecule has 0 amide bonds. The van der Waals surface area contributed by atoms with Crippen molar-refractivity contribution in [1.29, 1.82) is 0 Å². The SMILES string of the molecule is C.C.C.C.C.CC(C)(C)c1cc(CNc2ccc(Nc3ccccc3)cc2)c(O)c(C(C)(C)C)c1.CCCOC(=O)c1cc(CNc2ccc(Nc3ccccc3)cc2)cc(C(C)(C)C)c1O.CCCOC(=O)c1cc(CNc2ccc(Nc3ccccc3)cc2)cc(C)c1O.Cc1cc(CNc2ccc(Nc3ccccc3)cc2)c(O)c(C(C)(C)C)c1.Cc1cc(CNc2ccc(Nc3ccccc3)cc2)cc(C(C)(C)C)c1O. The molecule has 0 aliphatic carbocycles. The smallest absolute Gasteiger partial charge is 0.341 e. The van der Waals surface area contributed by atoms with Crippen molar-refractivity contribution in [2.75, 3.05) is 66.4 Å². The van der Waals surface area contributed by atoms with Crippen LogP contribution in [0, 0.1) is 20.8 Å². The van der Waals surface area contributed by atoms with Gasteiger partial charge < -0.3 is 88.2 Å². The Kier molecular flexibility index (Phi) is 47.1. The van der Waals surface area contributed by atoms with Gasteiger partial charge in [0.1, 0.15) is 39.9 Å². The first-order valence-electron chi connectivity index (χ1n) is 49.9. The molecule has 0 heterocycles. The Morgan fingerprint density at radius 2 is 0.467 bits per heavy atom. The number of para-hydroxylation sites is 5. The predicted octanol–water partition coefficient (Wildman–Crippen LogP) is 35.5. The van der Waals surface area contributed by atoms with E-state index in [1.54, 1.807) is 19.1 Å². The molecule has 19 heteroatoms. The maximum Gasteiger partial charge on any atom is 0.341 e. The molecule has 150 heavy (non-hydrogen) atoms. The molecule has 0 saturated heterocycles. The van der Waals surface area contributed by atoms with Crippen LogP contribution in [0.1, 0.15) is 261 Å². The average Bonchev–Trinajstić information content (AvgIpc) is 0.778. The number of ether oxygens (including phenoxy) is 2. The molecule has 0 aliphatic heterocycles. The number of nitrogens with one attached hydrogen (secondary N) is 10. The number of aryl methyl sites for hydroxylation is 3. The summed E-state index contributed by atoms with van der Waals surface area (Å²) in [5.74, 6) is 0.180. The minimum Gasteiger partial charge on any atom is -0.507 e. The summed E-state index contributed by atoms with van der Waals surface area (Å²) in [6, 6.07) is 111. The van der Waals surface area contributed by atoms with Gasteiger partial charge in [0.15, 0.2) is 0 Å². The van der Waals surface area contributed by atoms with Crippen LogP contribution >= 0.6 is 0 Å². The molecule has 0 fully saturated rings. The molecule has 796 valence electrons. The van der Waals surface area contributed by atoms with Crippen LogP contribution in [0.15, 0.2) is 334 Å². The van der Waals surface area contributed by atoms with Crippen molar-refractivity contribution in [2.24, 2.45) is 0 Å². The van der Waals surface area contributed by atoms with E-state index in [2.05, 4.69) is 216 Å². The standard InChI is InChI=1S/C27H32N2O3.C27H34N2O.C24H26N2O3.2C24H28N2O.5CH4/c1-5-15-32-26(31)23-16-19(17-24(25(23)30)27(2,3)4)18-28-20-11-13-22(14-12-20)29-21-9-7-6-8-10-21;1-26(2,3)20-16-19(25(30)24(17-20)27(4,5)6)18-28-21-12-14-23(15-13-21)29-22-10-8-7-9-11-22;1-3-13-29-24(28)22-15-18(14-17(2)23(22)27)16-25-19-9-11-21(12-10-19)26-20-7-5-4-6-8-20;1-17-14-18(15-22(23(17)27)24(2,3)4)16-25-19-10-12-21(13-11-19)26-20-8-6-5-7-9-20;1-17-14-18(23(27)22(15-17)24(2,3)4)16-25-19-10-12-21(13-11-19)26-20-8-6-5-7-9-20;;;;;/h6-14,16-17,28-30H,5,15,18H2,1-4H3;7-17,28-30H,18H2,1-6H3;4-12,14-15,25-27H,3,13,16H2,1-2H3;2*5-15,25-27H,16H2,1-4H3;5*1H4. The lowest BCUT2D eigenvalue weighted by Crippen LogP contribution is -2.18. The third kappa shape index (κ3) is 37.9. The maximum atomic E-state index is 12.5. The van der Waals surface area contributed by atoms with Crippen LogP contribution in [0.4, 0.5) is 85.3 Å². The van der Waals surface area contributed by atoms with E-state index < -0.39 is 11.9 Å². The molecule has 0 unspecified atom stereocenters. The summed E-state index contributed by atoms with van der Waals surface area (Å²) in [4.78, 5) is 24.7. The molecular weight excluding hydrogens is 1860 g/mol. The van der Waals surface area contributed by atoms with E-state index in [9.17, 15) is 35.1 Å². The van der Waals surface area contributed by atoms with Crippen molar-refractivity contribution in [3.63, 3.8) is 0 Å². The van der Waals surface area contributed by atoms with Crippen LogP contribution in [0.5, 0.6) is 28.7 Å². The molecule has 15 aromatic rings. The summed E-state index contributed by atoms with van der Waals surface area (Å²) in [6.45, 7) is 45.1. The molecule has 0 aliphatic rings. The zero-order valence-corrected chi connectivity index (χ0v) is 88.0. The van der Waals surface area contributed by atoms with Crippen LogP contribution in [0.3, 0.4) is 0 Å². The third-order valence-corrected chi connectivity index (χ3v) is 24.0. The van der Waals surface area contributed by atoms with Crippen molar-refractivity contribution >= 4 is 97.2 Å². The van der Waals surface area contributed by atoms with Gasteiger partial charge in [-0.15, -0.1) is 0 Å². The predicted molar refractivity (Wildman–Crippen MR) is 641 cm³/mol. The van der Waals surface area contributed by atoms with Crippen molar-refractivity contribution in [1.82, 2.24) is 0 Å². The number of phenolic OH excluding ortho intramolecular Hbond substituents is 5. The minimum absolute atomic E-state index is 0. The Morgan fingerprint density at radius 1 is 0.240 bits per heavy atom. The summed E-state index contributed by atoms with van der Waals surface area (Å²) < 4.78 is 10.4. The highest BCUT2D eigenvalue weighted by atomic mass is 16.5. The van der Waals surface area contributed by atoms with Gasteiger partial charge >= 0.3 is 11.9 Å².